The van der Waals surface area contributed by atoms with E-state index in [-0.39, 0.29) is 11.7 Å². The molecule has 1 fully saturated rings. The van der Waals surface area contributed by atoms with Gasteiger partial charge < -0.3 is 15.4 Å². The van der Waals surface area contributed by atoms with Crippen LogP contribution in [0, 0.1) is 5.82 Å². The number of anilines is 1. The van der Waals surface area contributed by atoms with Crippen molar-refractivity contribution in [2.45, 2.75) is 6.42 Å². The number of nitrogens with zero attached hydrogens (tertiary/aromatic N) is 1. The maximum Gasteiger partial charge on any atom is 0.319 e. The molecule has 5 nitrogen and oxygen atoms in total. The quantitative estimate of drug-likeness (QED) is 0.807. The van der Waals surface area contributed by atoms with E-state index >= 15 is 0 Å². The minimum absolute atomic E-state index is 0.193. The summed E-state index contributed by atoms with van der Waals surface area (Å²) in [6.45, 7) is 4.95. The van der Waals surface area contributed by atoms with Crippen molar-refractivity contribution in [3.63, 3.8) is 0 Å². The molecule has 0 bridgehead atoms. The molecule has 0 saturated carbocycles. The predicted octanol–water partition coefficient (Wildman–Crippen LogP) is 1.67. The summed E-state index contributed by atoms with van der Waals surface area (Å²) < 4.78 is 18.6. The predicted molar refractivity (Wildman–Crippen MR) is 75.3 cm³/mol. The van der Waals surface area contributed by atoms with Gasteiger partial charge in [0.15, 0.2) is 0 Å². The number of urea groups is 1. The molecule has 0 aromatic heterocycles. The van der Waals surface area contributed by atoms with Crippen LogP contribution in [0.2, 0.25) is 0 Å². The smallest absolute Gasteiger partial charge is 0.319 e. The SMILES string of the molecule is O=C(NCCCN1CCOCC1)Nc1ccccc1F. The molecule has 2 rings (SSSR count). The molecule has 1 aromatic carbocycles. The van der Waals surface area contributed by atoms with E-state index in [1.165, 1.54) is 12.1 Å². The summed E-state index contributed by atoms with van der Waals surface area (Å²) in [6.07, 6.45) is 0.866. The molecular formula is C14H20FN3O2. The number of nitrogens with one attached hydrogen (secondary N) is 2. The highest BCUT2D eigenvalue weighted by Crippen LogP contribution is 2.11. The van der Waals surface area contributed by atoms with Gasteiger partial charge in [-0.15, -0.1) is 0 Å². The first-order valence-electron chi connectivity index (χ1n) is 6.85. The zero-order chi connectivity index (χ0) is 14.2. The molecule has 0 spiro atoms. The number of hydrogen-bond donors (Lipinski definition) is 2. The molecule has 2 N–H and O–H groups in total. The number of benzene rings is 1. The zero-order valence-electron chi connectivity index (χ0n) is 11.4. The number of ether oxygens (including phenoxy) is 1. The Hall–Kier alpha value is -1.66. The fourth-order valence-corrected chi connectivity index (χ4v) is 2.06. The zero-order valence-corrected chi connectivity index (χ0v) is 11.4. The van der Waals surface area contributed by atoms with Crippen molar-refractivity contribution in [3.8, 4) is 0 Å². The second-order valence-corrected chi connectivity index (χ2v) is 4.67. The highest BCUT2D eigenvalue weighted by atomic mass is 19.1. The van der Waals surface area contributed by atoms with Gasteiger partial charge in [0.25, 0.3) is 0 Å². The van der Waals surface area contributed by atoms with Crippen molar-refractivity contribution < 1.29 is 13.9 Å². The first-order valence-corrected chi connectivity index (χ1v) is 6.85. The lowest BCUT2D eigenvalue weighted by molar-refractivity contribution is 0.0375. The fraction of sp³-hybridized carbons (Fsp3) is 0.500. The summed E-state index contributed by atoms with van der Waals surface area (Å²) in [5.74, 6) is -0.434. The third kappa shape index (κ3) is 4.79. The van der Waals surface area contributed by atoms with Crippen LogP contribution in [0.1, 0.15) is 6.42 Å². The first-order chi connectivity index (χ1) is 9.75. The van der Waals surface area contributed by atoms with Crippen molar-refractivity contribution >= 4 is 11.7 Å². The Kier molecular flexibility index (Phi) is 5.76. The van der Waals surface area contributed by atoms with Crippen LogP contribution in [0.3, 0.4) is 0 Å². The number of rotatable bonds is 5. The number of amides is 2. The summed E-state index contributed by atoms with van der Waals surface area (Å²) >= 11 is 0. The van der Waals surface area contributed by atoms with Crippen molar-refractivity contribution in [1.29, 1.82) is 0 Å². The van der Waals surface area contributed by atoms with Gasteiger partial charge in [0.2, 0.25) is 0 Å². The fourth-order valence-electron chi connectivity index (χ4n) is 2.06. The normalized spacial score (nSPS) is 15.8. The Morgan fingerprint density at radius 1 is 1.30 bits per heavy atom. The van der Waals surface area contributed by atoms with Crippen LogP contribution in [-0.4, -0.2) is 50.3 Å². The second-order valence-electron chi connectivity index (χ2n) is 4.67. The molecule has 6 heteroatoms. The monoisotopic (exact) mass is 281 g/mol. The van der Waals surface area contributed by atoms with Gasteiger partial charge in [0.05, 0.1) is 18.9 Å². The molecule has 1 aliphatic rings. The number of para-hydroxylation sites is 1. The van der Waals surface area contributed by atoms with Crippen LogP contribution in [0.25, 0.3) is 0 Å². The third-order valence-electron chi connectivity index (χ3n) is 3.16. The Balaban J connectivity index is 1.61. The van der Waals surface area contributed by atoms with E-state index in [4.69, 9.17) is 4.74 Å². The maximum atomic E-state index is 13.3. The van der Waals surface area contributed by atoms with Gasteiger partial charge >= 0.3 is 6.03 Å². The summed E-state index contributed by atoms with van der Waals surface area (Å²) in [7, 11) is 0. The molecule has 0 aliphatic carbocycles. The van der Waals surface area contributed by atoms with Gasteiger partial charge in [-0.3, -0.25) is 4.90 Å². The molecule has 0 radical (unpaired) electrons. The highest BCUT2D eigenvalue weighted by molar-refractivity contribution is 5.89. The lowest BCUT2D eigenvalue weighted by atomic mass is 10.3. The van der Waals surface area contributed by atoms with Crippen LogP contribution >= 0.6 is 0 Å². The Morgan fingerprint density at radius 2 is 2.05 bits per heavy atom. The Bertz CT molecular complexity index is 436. The third-order valence-corrected chi connectivity index (χ3v) is 3.16. The van der Waals surface area contributed by atoms with Crippen molar-refractivity contribution in [3.05, 3.63) is 30.1 Å². The van der Waals surface area contributed by atoms with E-state index in [0.717, 1.165) is 39.3 Å². The van der Waals surface area contributed by atoms with E-state index < -0.39 is 5.82 Å². The maximum absolute atomic E-state index is 13.3. The van der Waals surface area contributed by atoms with Crippen LogP contribution < -0.4 is 10.6 Å². The highest BCUT2D eigenvalue weighted by Gasteiger charge is 2.10. The molecule has 0 unspecified atom stereocenters. The molecule has 1 saturated heterocycles. The molecular weight excluding hydrogens is 261 g/mol. The van der Waals surface area contributed by atoms with E-state index in [1.807, 2.05) is 0 Å². The molecule has 110 valence electrons. The summed E-state index contributed by atoms with van der Waals surface area (Å²) in [6, 6.07) is 5.73. The molecule has 2 amide bonds. The van der Waals surface area contributed by atoms with Gasteiger partial charge in [0, 0.05) is 19.6 Å². The van der Waals surface area contributed by atoms with E-state index in [2.05, 4.69) is 15.5 Å². The second kappa shape index (κ2) is 7.81. The molecule has 1 aliphatic heterocycles. The number of morpholine rings is 1. The number of halogens is 1. The van der Waals surface area contributed by atoms with Gasteiger partial charge in [-0.05, 0) is 25.1 Å². The van der Waals surface area contributed by atoms with Gasteiger partial charge in [0.1, 0.15) is 5.82 Å². The summed E-state index contributed by atoms with van der Waals surface area (Å²) in [5, 5.41) is 5.21. The van der Waals surface area contributed by atoms with Crippen LogP contribution in [-0.2, 0) is 4.74 Å². The molecule has 20 heavy (non-hydrogen) atoms. The molecule has 1 heterocycles. The van der Waals surface area contributed by atoms with Crippen molar-refractivity contribution in [2.24, 2.45) is 0 Å². The molecule has 1 aromatic rings. The summed E-state index contributed by atoms with van der Waals surface area (Å²) in [4.78, 5) is 13.9. The number of carbonyl (C=O) groups excluding carboxylic acids is 1. The average Bonchev–Trinajstić information content (AvgIpc) is 2.47. The van der Waals surface area contributed by atoms with E-state index in [9.17, 15) is 9.18 Å². The lowest BCUT2D eigenvalue weighted by Gasteiger charge is -2.26. The topological polar surface area (TPSA) is 53.6 Å². The van der Waals surface area contributed by atoms with E-state index in [1.54, 1.807) is 12.1 Å². The van der Waals surface area contributed by atoms with Crippen LogP contribution in [0.4, 0.5) is 14.9 Å². The average molecular weight is 281 g/mol. The Morgan fingerprint density at radius 3 is 2.80 bits per heavy atom. The van der Waals surface area contributed by atoms with Crippen molar-refractivity contribution in [1.82, 2.24) is 10.2 Å². The van der Waals surface area contributed by atoms with Crippen LogP contribution in [0.5, 0.6) is 0 Å². The van der Waals surface area contributed by atoms with Gasteiger partial charge in [-0.1, -0.05) is 12.1 Å². The van der Waals surface area contributed by atoms with Gasteiger partial charge in [-0.2, -0.15) is 0 Å². The number of carbonyl (C=O) groups is 1. The van der Waals surface area contributed by atoms with Gasteiger partial charge in [-0.25, -0.2) is 9.18 Å². The van der Waals surface area contributed by atoms with Crippen molar-refractivity contribution in [2.75, 3.05) is 44.7 Å². The largest absolute Gasteiger partial charge is 0.379 e. The molecule has 0 atom stereocenters. The van der Waals surface area contributed by atoms with E-state index in [0.29, 0.717) is 6.54 Å². The minimum atomic E-state index is -0.434. The first kappa shape index (κ1) is 14.7. The minimum Gasteiger partial charge on any atom is -0.379 e. The Labute approximate surface area is 118 Å². The number of hydrogen-bond acceptors (Lipinski definition) is 3. The summed E-state index contributed by atoms with van der Waals surface area (Å²) in [5.41, 5.74) is 0.193. The standard InChI is InChI=1S/C14H20FN3O2/c15-12-4-1-2-5-13(12)17-14(19)16-6-3-7-18-8-10-20-11-9-18/h1-2,4-5H,3,6-11H2,(H2,16,17,19). The lowest BCUT2D eigenvalue weighted by Crippen LogP contribution is -2.38. The van der Waals surface area contributed by atoms with Crippen LogP contribution in [0.15, 0.2) is 24.3 Å².